The zero-order chi connectivity index (χ0) is 42.4. The Morgan fingerprint density at radius 3 is 1.60 bits per heavy atom. The Labute approximate surface area is 344 Å². The largest absolute Gasteiger partial charge is 0.397 e. The van der Waals surface area contributed by atoms with Gasteiger partial charge in [0.2, 0.25) is 5.91 Å². The summed E-state index contributed by atoms with van der Waals surface area (Å²) < 4.78 is 83.1. The van der Waals surface area contributed by atoms with Crippen molar-refractivity contribution in [1.82, 2.24) is 5.32 Å². The maximum Gasteiger partial charge on any atom is 0.397 e. The molecule has 15 nitrogen and oxygen atoms in total. The Hall–Kier alpha value is -1.25. The topological polar surface area (TPSA) is 235 Å². The molecule has 0 aromatic heterocycles. The molecule has 1 fully saturated rings. The summed E-state index contributed by atoms with van der Waals surface area (Å²) in [6.07, 6.45) is 21.8. The molecule has 0 unspecified atom stereocenters. The molecule has 0 aliphatic carbocycles. The van der Waals surface area contributed by atoms with E-state index in [4.69, 9.17) is 18.6 Å². The number of aliphatic hydroxyl groups excluding tert-OH is 3. The van der Waals surface area contributed by atoms with Crippen molar-refractivity contribution in [1.29, 1.82) is 0 Å². The number of carbonyl (C=O) groups is 1. The van der Waals surface area contributed by atoms with Crippen LogP contribution in [0.3, 0.4) is 0 Å². The zero-order valence-corrected chi connectivity index (χ0v) is 36.4. The lowest BCUT2D eigenvalue weighted by molar-refractivity contribution is -0.297. The van der Waals surface area contributed by atoms with Crippen LogP contribution in [0, 0.1) is 0 Å². The van der Waals surface area contributed by atoms with Crippen molar-refractivity contribution in [3.8, 4) is 0 Å². The summed E-state index contributed by atoms with van der Waals surface area (Å²) in [7, 11) is -10.3. The van der Waals surface area contributed by atoms with Gasteiger partial charge in [0.25, 0.3) is 0 Å². The smallest absolute Gasteiger partial charge is 0.387 e. The maximum atomic E-state index is 13.0. The minimum absolute atomic E-state index is 0.217. The Morgan fingerprint density at radius 2 is 1.14 bits per heavy atom. The third-order valence-corrected chi connectivity index (χ3v) is 11.2. The molecule has 57 heavy (non-hydrogen) atoms. The first-order chi connectivity index (χ1) is 27.2. The van der Waals surface area contributed by atoms with Gasteiger partial charge in [-0.25, -0.2) is 8.37 Å². The molecule has 1 heterocycles. The molecule has 17 heteroatoms. The number of nitrogens with one attached hydrogen (secondary N) is 1. The maximum absolute atomic E-state index is 13.0. The normalized spacial score (nSPS) is 21.6. The second-order valence-corrected chi connectivity index (χ2v) is 17.6. The summed E-state index contributed by atoms with van der Waals surface area (Å²) in [5.74, 6) is -0.323. The third-order valence-electron chi connectivity index (χ3n) is 10.3. The van der Waals surface area contributed by atoms with Gasteiger partial charge >= 0.3 is 20.8 Å². The van der Waals surface area contributed by atoms with Crippen molar-refractivity contribution in [3.05, 3.63) is 12.2 Å². The quantitative estimate of drug-likeness (QED) is 0.0209. The van der Waals surface area contributed by atoms with E-state index in [1.165, 1.54) is 109 Å². The third kappa shape index (κ3) is 28.8. The number of unbranched alkanes of at least 4 members (excludes halogenated alkanes) is 23. The highest BCUT2D eigenvalue weighted by atomic mass is 32.3. The van der Waals surface area contributed by atoms with Crippen molar-refractivity contribution < 1.29 is 63.9 Å². The fourth-order valence-corrected chi connectivity index (χ4v) is 7.72. The van der Waals surface area contributed by atoms with Crippen LogP contribution in [-0.4, -0.2) is 103 Å². The second-order valence-electron chi connectivity index (χ2n) is 15.5. The molecule has 1 rings (SSSR count). The number of allylic oxidation sites excluding steroid dienone is 1. The molecule has 0 spiro atoms. The van der Waals surface area contributed by atoms with E-state index in [1.807, 2.05) is 6.08 Å². The van der Waals surface area contributed by atoms with E-state index in [0.717, 1.165) is 44.9 Å². The van der Waals surface area contributed by atoms with Crippen LogP contribution in [0.4, 0.5) is 0 Å². The van der Waals surface area contributed by atoms with Gasteiger partial charge in [0.1, 0.15) is 24.4 Å². The highest BCUT2D eigenvalue weighted by Crippen LogP contribution is 2.27. The minimum atomic E-state index is -5.23. The Bertz CT molecular complexity index is 1250. The Kier molecular flexibility index (Phi) is 30.7. The summed E-state index contributed by atoms with van der Waals surface area (Å²) >= 11 is 0. The van der Waals surface area contributed by atoms with Crippen LogP contribution >= 0.6 is 0 Å². The molecule has 6 N–H and O–H groups in total. The molecule has 1 amide bonds. The van der Waals surface area contributed by atoms with Gasteiger partial charge in [-0.05, 0) is 19.3 Å². The molecule has 1 aliphatic heterocycles. The van der Waals surface area contributed by atoms with E-state index in [-0.39, 0.29) is 12.3 Å². The predicted octanol–water partition coefficient (Wildman–Crippen LogP) is 7.04. The second kappa shape index (κ2) is 32.5. The summed E-state index contributed by atoms with van der Waals surface area (Å²) in [5, 5.41) is 35.2. The van der Waals surface area contributed by atoms with E-state index in [9.17, 15) is 36.9 Å². The van der Waals surface area contributed by atoms with Crippen LogP contribution < -0.4 is 5.32 Å². The van der Waals surface area contributed by atoms with Crippen LogP contribution in [-0.2, 0) is 43.4 Å². The number of amides is 1. The number of hydrogen-bond acceptors (Lipinski definition) is 12. The van der Waals surface area contributed by atoms with E-state index in [2.05, 4.69) is 27.5 Å². The van der Waals surface area contributed by atoms with Gasteiger partial charge in [-0.15, -0.1) is 0 Å². The number of ether oxygens (including phenoxy) is 2. The first-order valence-corrected chi connectivity index (χ1v) is 24.5. The van der Waals surface area contributed by atoms with Crippen molar-refractivity contribution >= 4 is 26.7 Å². The first-order valence-electron chi connectivity index (χ1n) is 21.7. The lowest BCUT2D eigenvalue weighted by atomic mass is 9.99. The standard InChI is InChI=1S/C40H77NO14S2/c1-3-5-7-9-11-13-15-17-19-21-23-25-27-29-34(42)33(41-36(43)30-28-26-24-22-20-18-16-14-12-10-8-6-4-2)31-52-40-38(45)37(44)39(55-57(49,50)51)35(54-40)32-53-56(46,47)48/h27,29,33-35,37-40,42,44-45H,3-26,28,30-32H2,1-2H3,(H,41,43)(H,46,47,48)(H,49,50,51)/b29-27+/t33-,34+,35+,37+,38+,39-,40-/m0/s1. The van der Waals surface area contributed by atoms with Gasteiger partial charge < -0.3 is 30.1 Å². The van der Waals surface area contributed by atoms with Crippen molar-refractivity contribution in [2.75, 3.05) is 13.2 Å². The molecule has 0 aromatic rings. The minimum Gasteiger partial charge on any atom is -0.387 e. The van der Waals surface area contributed by atoms with Gasteiger partial charge in [-0.2, -0.15) is 16.8 Å². The number of carbonyl (C=O) groups excluding carboxylic acids is 1. The SMILES string of the molecule is CCCCCCCCCCCCC/C=C/[C@@H](O)[C@H](CO[C@H]1O[C@H](COS(=O)(=O)O)[C@H](OS(=O)(=O)O)[C@H](O)[C@H]1O)NC(=O)CCCCCCCCCCCCCCC. The highest BCUT2D eigenvalue weighted by Gasteiger charge is 2.48. The molecule has 0 aromatic carbocycles. The van der Waals surface area contributed by atoms with Gasteiger partial charge in [-0.3, -0.25) is 13.9 Å². The number of hydrogen-bond donors (Lipinski definition) is 6. The molecule has 0 saturated carbocycles. The average molecular weight is 860 g/mol. The molecule has 1 aliphatic rings. The fraction of sp³-hybridized carbons (Fsp3) is 0.925. The van der Waals surface area contributed by atoms with E-state index in [0.29, 0.717) is 6.42 Å². The highest BCUT2D eigenvalue weighted by molar-refractivity contribution is 7.81. The fourth-order valence-electron chi connectivity index (χ4n) is 6.89. The number of rotatable bonds is 37. The van der Waals surface area contributed by atoms with E-state index >= 15 is 0 Å². The zero-order valence-electron chi connectivity index (χ0n) is 34.7. The van der Waals surface area contributed by atoms with Crippen LogP contribution in [0.15, 0.2) is 12.2 Å². The number of aliphatic hydroxyl groups is 3. The summed E-state index contributed by atoms with van der Waals surface area (Å²) in [6.45, 7) is 2.90. The average Bonchev–Trinajstić information content (AvgIpc) is 3.15. The lowest BCUT2D eigenvalue weighted by Gasteiger charge is -2.41. The molecule has 0 bridgehead atoms. The lowest BCUT2D eigenvalue weighted by Crippen LogP contribution is -2.61. The van der Waals surface area contributed by atoms with Gasteiger partial charge in [0, 0.05) is 6.42 Å². The van der Waals surface area contributed by atoms with E-state index in [1.54, 1.807) is 6.08 Å². The molecule has 7 atom stereocenters. The molecule has 0 radical (unpaired) electrons. The van der Waals surface area contributed by atoms with Crippen molar-refractivity contribution in [2.24, 2.45) is 0 Å². The van der Waals surface area contributed by atoms with Crippen LogP contribution in [0.5, 0.6) is 0 Å². The monoisotopic (exact) mass is 859 g/mol. The molecular weight excluding hydrogens is 783 g/mol. The van der Waals surface area contributed by atoms with Crippen LogP contribution in [0.2, 0.25) is 0 Å². The van der Waals surface area contributed by atoms with E-state index < -0.39 is 76.9 Å². The first kappa shape index (κ1) is 53.8. The van der Waals surface area contributed by atoms with Crippen molar-refractivity contribution in [2.45, 2.75) is 224 Å². The van der Waals surface area contributed by atoms with Gasteiger partial charge in [0.15, 0.2) is 6.29 Å². The Balaban J connectivity index is 2.72. The van der Waals surface area contributed by atoms with Crippen molar-refractivity contribution in [3.63, 3.8) is 0 Å². The van der Waals surface area contributed by atoms with Gasteiger partial charge in [-0.1, -0.05) is 167 Å². The Morgan fingerprint density at radius 1 is 0.684 bits per heavy atom. The van der Waals surface area contributed by atoms with Gasteiger partial charge in [0.05, 0.1) is 25.4 Å². The summed E-state index contributed by atoms with van der Waals surface area (Å²) in [5.41, 5.74) is 0. The molecule has 338 valence electrons. The molecule has 1 saturated heterocycles. The molecular formula is C40H77NO14S2. The van der Waals surface area contributed by atoms with Crippen LogP contribution in [0.1, 0.15) is 181 Å². The van der Waals surface area contributed by atoms with Crippen LogP contribution in [0.25, 0.3) is 0 Å². The summed E-state index contributed by atoms with van der Waals surface area (Å²) in [6, 6.07) is -1.03. The predicted molar refractivity (Wildman–Crippen MR) is 219 cm³/mol. The summed E-state index contributed by atoms with van der Waals surface area (Å²) in [4.78, 5) is 13.0.